The normalized spacial score (nSPS) is 10.0. The number of nitrogens with zero attached hydrogens (tertiary/aromatic N) is 3. The molecule has 0 aliphatic heterocycles. The van der Waals surface area contributed by atoms with Crippen molar-refractivity contribution >= 4 is 5.69 Å². The Morgan fingerprint density at radius 2 is 1.95 bits per heavy atom. The van der Waals surface area contributed by atoms with Crippen molar-refractivity contribution in [1.82, 2.24) is 10.2 Å². The Labute approximate surface area is 111 Å². The van der Waals surface area contributed by atoms with Gasteiger partial charge in [-0.3, -0.25) is 0 Å². The number of para-hydroxylation sites is 1. The number of nitriles is 1. The standard InChI is InChI=1S/C14H14N4O/c1-8-5-4-6-12(16)13(8)19-14-11(7-15)9(2)10(3)17-18-14/h4-6H,16H2,1-3H3. The van der Waals surface area contributed by atoms with Gasteiger partial charge in [-0.1, -0.05) is 12.1 Å². The molecule has 0 saturated heterocycles. The highest BCUT2D eigenvalue weighted by atomic mass is 16.5. The van der Waals surface area contributed by atoms with Crippen molar-refractivity contribution in [3.63, 3.8) is 0 Å². The summed E-state index contributed by atoms with van der Waals surface area (Å²) in [6.45, 7) is 5.50. The summed E-state index contributed by atoms with van der Waals surface area (Å²) < 4.78 is 5.68. The smallest absolute Gasteiger partial charge is 0.257 e. The molecule has 0 radical (unpaired) electrons. The second kappa shape index (κ2) is 4.94. The lowest BCUT2D eigenvalue weighted by Crippen LogP contribution is -2.02. The number of nitrogens with two attached hydrogens (primary N) is 1. The summed E-state index contributed by atoms with van der Waals surface area (Å²) in [5.74, 6) is 0.697. The lowest BCUT2D eigenvalue weighted by atomic mass is 10.1. The van der Waals surface area contributed by atoms with Crippen molar-refractivity contribution in [1.29, 1.82) is 5.26 Å². The fourth-order valence-electron chi connectivity index (χ4n) is 1.70. The van der Waals surface area contributed by atoms with Gasteiger partial charge in [-0.15, -0.1) is 5.10 Å². The topological polar surface area (TPSA) is 84.8 Å². The van der Waals surface area contributed by atoms with Crippen LogP contribution < -0.4 is 10.5 Å². The minimum absolute atomic E-state index is 0.187. The monoisotopic (exact) mass is 254 g/mol. The van der Waals surface area contributed by atoms with E-state index in [0.717, 1.165) is 11.1 Å². The van der Waals surface area contributed by atoms with Gasteiger partial charge in [-0.2, -0.15) is 10.4 Å². The molecule has 1 aromatic heterocycles. The average molecular weight is 254 g/mol. The van der Waals surface area contributed by atoms with Crippen LogP contribution in [0, 0.1) is 32.1 Å². The molecule has 0 aliphatic rings. The maximum Gasteiger partial charge on any atom is 0.257 e. The largest absolute Gasteiger partial charge is 0.434 e. The fraction of sp³-hybridized carbons (Fsp3) is 0.214. The predicted molar refractivity (Wildman–Crippen MR) is 71.9 cm³/mol. The molecule has 2 aromatic rings. The molecule has 1 aromatic carbocycles. The van der Waals surface area contributed by atoms with Gasteiger partial charge in [-0.05, 0) is 38.0 Å². The number of nitrogen functional groups attached to an aromatic ring is 1. The Hall–Kier alpha value is -2.61. The van der Waals surface area contributed by atoms with E-state index in [4.69, 9.17) is 10.5 Å². The highest BCUT2D eigenvalue weighted by Crippen LogP contribution is 2.32. The number of anilines is 1. The molecule has 0 bridgehead atoms. The van der Waals surface area contributed by atoms with Crippen molar-refractivity contribution in [2.75, 3.05) is 5.73 Å². The van der Waals surface area contributed by atoms with Gasteiger partial charge in [0.15, 0.2) is 5.75 Å². The molecule has 2 N–H and O–H groups in total. The Morgan fingerprint density at radius 1 is 1.21 bits per heavy atom. The zero-order valence-electron chi connectivity index (χ0n) is 11.1. The first-order valence-electron chi connectivity index (χ1n) is 5.81. The molecule has 0 unspecified atom stereocenters. The number of hydrogen-bond acceptors (Lipinski definition) is 5. The van der Waals surface area contributed by atoms with E-state index in [-0.39, 0.29) is 5.88 Å². The summed E-state index contributed by atoms with van der Waals surface area (Å²) in [6, 6.07) is 7.56. The third-order valence-corrected chi connectivity index (χ3v) is 2.98. The number of benzene rings is 1. The van der Waals surface area contributed by atoms with Gasteiger partial charge in [0.05, 0.1) is 11.4 Å². The molecule has 19 heavy (non-hydrogen) atoms. The van der Waals surface area contributed by atoms with Crippen LogP contribution in [0.3, 0.4) is 0 Å². The summed E-state index contributed by atoms with van der Waals surface area (Å²) in [4.78, 5) is 0. The van der Waals surface area contributed by atoms with Gasteiger partial charge in [-0.25, -0.2) is 0 Å². The molecular formula is C14H14N4O. The maximum atomic E-state index is 9.21. The molecule has 5 heteroatoms. The van der Waals surface area contributed by atoms with Crippen LogP contribution in [0.15, 0.2) is 18.2 Å². The van der Waals surface area contributed by atoms with Crippen LogP contribution in [-0.2, 0) is 0 Å². The van der Waals surface area contributed by atoms with Crippen molar-refractivity contribution in [2.45, 2.75) is 20.8 Å². The second-order valence-corrected chi connectivity index (χ2v) is 4.30. The molecule has 0 spiro atoms. The van der Waals surface area contributed by atoms with Gasteiger partial charge in [0, 0.05) is 0 Å². The molecule has 0 fully saturated rings. The number of aromatic nitrogens is 2. The summed E-state index contributed by atoms with van der Waals surface area (Å²) in [7, 11) is 0. The summed E-state index contributed by atoms with van der Waals surface area (Å²) in [6.07, 6.45) is 0. The zero-order chi connectivity index (χ0) is 14.0. The quantitative estimate of drug-likeness (QED) is 0.833. The molecule has 96 valence electrons. The maximum absolute atomic E-state index is 9.21. The lowest BCUT2D eigenvalue weighted by molar-refractivity contribution is 0.451. The van der Waals surface area contributed by atoms with E-state index in [9.17, 15) is 5.26 Å². The molecule has 0 atom stereocenters. The molecule has 0 aliphatic carbocycles. The van der Waals surface area contributed by atoms with Gasteiger partial charge in [0.2, 0.25) is 0 Å². The van der Waals surface area contributed by atoms with Crippen LogP contribution in [-0.4, -0.2) is 10.2 Å². The lowest BCUT2D eigenvalue weighted by Gasteiger charge is -2.12. The zero-order valence-corrected chi connectivity index (χ0v) is 11.1. The first-order valence-corrected chi connectivity index (χ1v) is 5.81. The molecule has 2 rings (SSSR count). The van der Waals surface area contributed by atoms with Crippen molar-refractivity contribution in [3.8, 4) is 17.7 Å². The summed E-state index contributed by atoms with van der Waals surface area (Å²) in [5, 5.41) is 17.1. The SMILES string of the molecule is Cc1cccc(N)c1Oc1nnc(C)c(C)c1C#N. The minimum Gasteiger partial charge on any atom is -0.434 e. The molecule has 1 heterocycles. The van der Waals surface area contributed by atoms with Gasteiger partial charge >= 0.3 is 0 Å². The van der Waals surface area contributed by atoms with E-state index in [0.29, 0.717) is 22.7 Å². The van der Waals surface area contributed by atoms with Gasteiger partial charge < -0.3 is 10.5 Å². The van der Waals surface area contributed by atoms with E-state index in [1.165, 1.54) is 0 Å². The van der Waals surface area contributed by atoms with Crippen molar-refractivity contribution < 1.29 is 4.74 Å². The number of rotatable bonds is 2. The van der Waals surface area contributed by atoms with Crippen LogP contribution in [0.5, 0.6) is 11.6 Å². The van der Waals surface area contributed by atoms with Crippen molar-refractivity contribution in [2.24, 2.45) is 0 Å². The third-order valence-electron chi connectivity index (χ3n) is 2.98. The fourth-order valence-corrected chi connectivity index (χ4v) is 1.70. The Bertz CT molecular complexity index is 654. The van der Waals surface area contributed by atoms with E-state index in [2.05, 4.69) is 16.3 Å². The average Bonchev–Trinajstić information content (AvgIpc) is 2.38. The minimum atomic E-state index is 0.187. The molecular weight excluding hydrogens is 240 g/mol. The molecule has 0 saturated carbocycles. The number of ether oxygens (including phenoxy) is 1. The van der Waals surface area contributed by atoms with Crippen LogP contribution in [0.2, 0.25) is 0 Å². The van der Waals surface area contributed by atoms with E-state index in [1.807, 2.05) is 26.0 Å². The van der Waals surface area contributed by atoms with Crippen molar-refractivity contribution in [3.05, 3.63) is 40.6 Å². The highest BCUT2D eigenvalue weighted by Gasteiger charge is 2.15. The van der Waals surface area contributed by atoms with Crippen LogP contribution in [0.4, 0.5) is 5.69 Å². The van der Waals surface area contributed by atoms with E-state index in [1.54, 1.807) is 13.0 Å². The Balaban J connectivity index is 2.51. The number of hydrogen-bond donors (Lipinski definition) is 1. The van der Waals surface area contributed by atoms with Gasteiger partial charge in [0.25, 0.3) is 5.88 Å². The van der Waals surface area contributed by atoms with Gasteiger partial charge in [0.1, 0.15) is 11.6 Å². The third kappa shape index (κ3) is 2.33. The summed E-state index contributed by atoms with van der Waals surface area (Å²) >= 11 is 0. The van der Waals surface area contributed by atoms with Crippen LogP contribution >= 0.6 is 0 Å². The van der Waals surface area contributed by atoms with Crippen LogP contribution in [0.1, 0.15) is 22.4 Å². The Morgan fingerprint density at radius 3 is 2.58 bits per heavy atom. The first-order chi connectivity index (χ1) is 9.04. The summed E-state index contributed by atoms with van der Waals surface area (Å²) in [5.41, 5.74) is 9.11. The predicted octanol–water partition coefficient (Wildman–Crippen LogP) is 2.65. The van der Waals surface area contributed by atoms with E-state index < -0.39 is 0 Å². The Kier molecular flexibility index (Phi) is 3.34. The highest BCUT2D eigenvalue weighted by molar-refractivity contribution is 5.58. The first kappa shape index (κ1) is 12.8. The molecule has 5 nitrogen and oxygen atoms in total. The van der Waals surface area contributed by atoms with Crippen LogP contribution in [0.25, 0.3) is 0 Å². The van der Waals surface area contributed by atoms with E-state index >= 15 is 0 Å². The second-order valence-electron chi connectivity index (χ2n) is 4.30. The molecule has 0 amide bonds. The number of aryl methyl sites for hydroxylation is 2.